The van der Waals surface area contributed by atoms with E-state index in [1.807, 2.05) is 19.9 Å². The molecule has 0 bridgehead atoms. The number of benzene rings is 3. The van der Waals surface area contributed by atoms with Crippen molar-refractivity contribution in [1.82, 2.24) is 9.03 Å². The molecule has 0 spiro atoms. The third-order valence-corrected chi connectivity index (χ3v) is 9.71. The lowest BCUT2D eigenvalue weighted by Crippen LogP contribution is -2.46. The molecule has 1 aliphatic heterocycles. The number of sulfonamides is 2. The van der Waals surface area contributed by atoms with Crippen LogP contribution in [0, 0.1) is 25.2 Å². The number of hydrogen-bond donors (Lipinski definition) is 1. The van der Waals surface area contributed by atoms with Gasteiger partial charge in [-0.15, -0.1) is 0 Å². The van der Waals surface area contributed by atoms with Crippen molar-refractivity contribution < 1.29 is 21.6 Å². The van der Waals surface area contributed by atoms with Crippen LogP contribution in [0.15, 0.2) is 70.5 Å². The fourth-order valence-corrected chi connectivity index (χ4v) is 7.32. The monoisotopic (exact) mass is 559 g/mol. The molecule has 3 aromatic carbocycles. The Labute approximate surface area is 222 Å². The van der Waals surface area contributed by atoms with Crippen LogP contribution in [0.2, 0.25) is 5.02 Å². The number of piperidine rings is 1. The van der Waals surface area contributed by atoms with Gasteiger partial charge in [0.25, 0.3) is 0 Å². The number of nitriles is 1. The normalized spacial score (nSPS) is 15.3. The lowest BCUT2D eigenvalue weighted by molar-refractivity contribution is 0.308. The molecule has 37 heavy (non-hydrogen) atoms. The summed E-state index contributed by atoms with van der Waals surface area (Å²) in [5, 5.41) is 9.77. The van der Waals surface area contributed by atoms with Crippen LogP contribution in [0.25, 0.3) is 0 Å². The van der Waals surface area contributed by atoms with Crippen molar-refractivity contribution >= 4 is 31.6 Å². The van der Waals surface area contributed by atoms with Crippen LogP contribution in [-0.2, 0) is 20.0 Å². The van der Waals surface area contributed by atoms with Crippen LogP contribution >= 0.6 is 11.6 Å². The summed E-state index contributed by atoms with van der Waals surface area (Å²) in [4.78, 5) is 0.0300. The molecule has 0 atom stereocenters. The molecule has 1 aliphatic rings. The summed E-state index contributed by atoms with van der Waals surface area (Å²) in [7, 11) is -7.77. The molecule has 194 valence electrons. The van der Waals surface area contributed by atoms with Crippen molar-refractivity contribution in [3.63, 3.8) is 0 Å². The van der Waals surface area contributed by atoms with E-state index in [0.717, 1.165) is 11.1 Å². The Morgan fingerprint density at radius 1 is 0.946 bits per heavy atom. The molecular weight excluding hydrogens is 534 g/mol. The zero-order chi connectivity index (χ0) is 26.8. The van der Waals surface area contributed by atoms with E-state index in [1.165, 1.54) is 22.5 Å². The van der Waals surface area contributed by atoms with Gasteiger partial charge in [-0.2, -0.15) is 9.57 Å². The summed E-state index contributed by atoms with van der Waals surface area (Å²) in [5.41, 5.74) is 1.96. The molecule has 0 unspecified atom stereocenters. The minimum Gasteiger partial charge on any atom is -0.456 e. The Hall–Kier alpha value is -2.94. The van der Waals surface area contributed by atoms with E-state index >= 15 is 0 Å². The van der Waals surface area contributed by atoms with Crippen molar-refractivity contribution in [1.29, 1.82) is 5.26 Å². The molecule has 0 saturated carbocycles. The van der Waals surface area contributed by atoms with E-state index in [-0.39, 0.29) is 34.2 Å². The molecule has 0 radical (unpaired) electrons. The molecule has 0 aromatic heterocycles. The first kappa shape index (κ1) is 27.1. The van der Waals surface area contributed by atoms with E-state index in [4.69, 9.17) is 16.3 Å². The Kier molecular flexibility index (Phi) is 7.92. The molecule has 3 aromatic rings. The smallest absolute Gasteiger partial charge is 0.244 e. The van der Waals surface area contributed by atoms with Crippen molar-refractivity contribution in [2.75, 3.05) is 13.1 Å². The number of ether oxygens (including phenoxy) is 1. The van der Waals surface area contributed by atoms with Crippen molar-refractivity contribution in [3.8, 4) is 17.6 Å². The minimum atomic E-state index is -4.10. The lowest BCUT2D eigenvalue weighted by atomic mass is 10.1. The second-order valence-electron chi connectivity index (χ2n) is 8.95. The van der Waals surface area contributed by atoms with Gasteiger partial charge in [-0.25, -0.2) is 21.6 Å². The van der Waals surface area contributed by atoms with Gasteiger partial charge in [0.05, 0.1) is 16.5 Å². The van der Waals surface area contributed by atoms with Crippen molar-refractivity contribution in [2.24, 2.45) is 0 Å². The van der Waals surface area contributed by atoms with Gasteiger partial charge < -0.3 is 4.74 Å². The first-order chi connectivity index (χ1) is 17.5. The van der Waals surface area contributed by atoms with Crippen molar-refractivity contribution in [2.45, 2.75) is 42.5 Å². The predicted octanol–water partition coefficient (Wildman–Crippen LogP) is 4.75. The van der Waals surface area contributed by atoms with Gasteiger partial charge >= 0.3 is 0 Å². The highest BCUT2D eigenvalue weighted by Gasteiger charge is 2.32. The molecule has 1 fully saturated rings. The van der Waals surface area contributed by atoms with Crippen LogP contribution in [0.1, 0.15) is 29.5 Å². The molecule has 8 nitrogen and oxygen atoms in total. The quantitative estimate of drug-likeness (QED) is 0.446. The van der Waals surface area contributed by atoms with Crippen LogP contribution in [0.4, 0.5) is 0 Å². The van der Waals surface area contributed by atoms with Gasteiger partial charge in [0.1, 0.15) is 16.4 Å². The fraction of sp³-hybridized carbons (Fsp3) is 0.269. The summed E-state index contributed by atoms with van der Waals surface area (Å²) in [5.74, 6) is 0.410. The molecule has 1 N–H and O–H groups in total. The largest absolute Gasteiger partial charge is 0.456 e. The minimum absolute atomic E-state index is 0.0487. The Morgan fingerprint density at radius 2 is 1.62 bits per heavy atom. The van der Waals surface area contributed by atoms with Gasteiger partial charge in [-0.05, 0) is 80.8 Å². The average molecular weight is 560 g/mol. The predicted molar refractivity (Wildman–Crippen MR) is 141 cm³/mol. The van der Waals surface area contributed by atoms with E-state index in [2.05, 4.69) is 4.72 Å². The third-order valence-electron chi connectivity index (χ3n) is 6.04. The Balaban J connectivity index is 1.51. The highest BCUT2D eigenvalue weighted by molar-refractivity contribution is 7.89. The van der Waals surface area contributed by atoms with Crippen LogP contribution in [0.3, 0.4) is 0 Å². The Morgan fingerprint density at radius 3 is 2.24 bits per heavy atom. The van der Waals surface area contributed by atoms with Crippen LogP contribution in [-0.4, -0.2) is 40.3 Å². The van der Waals surface area contributed by atoms with E-state index in [0.29, 0.717) is 23.6 Å². The molecule has 4 rings (SSSR count). The molecule has 0 aliphatic carbocycles. The van der Waals surface area contributed by atoms with Gasteiger partial charge in [0.2, 0.25) is 20.0 Å². The van der Waals surface area contributed by atoms with Gasteiger partial charge in [0, 0.05) is 24.2 Å². The zero-order valence-corrected chi connectivity index (χ0v) is 22.7. The van der Waals surface area contributed by atoms with Crippen LogP contribution in [0.5, 0.6) is 11.5 Å². The standard InChI is InChI=1S/C26H26ClN3O5S2/c1-18-3-6-24(7-4-18)37(33,34)30-11-9-22(10-12-30)29-36(31,32)26-15-20(17-28)5-8-25(26)35-23-14-19(2)13-21(27)16-23/h3-8,13-16,22,29H,9-12H2,1-2H3. The van der Waals surface area contributed by atoms with Gasteiger partial charge in [-0.3, -0.25) is 0 Å². The summed E-state index contributed by atoms with van der Waals surface area (Å²) in [6, 6.07) is 17.3. The molecule has 0 amide bonds. The molecule has 1 saturated heterocycles. The number of aryl methyl sites for hydroxylation is 2. The third kappa shape index (κ3) is 6.32. The highest BCUT2D eigenvalue weighted by atomic mass is 35.5. The van der Waals surface area contributed by atoms with E-state index < -0.39 is 26.1 Å². The lowest BCUT2D eigenvalue weighted by Gasteiger charge is -2.31. The maximum atomic E-state index is 13.4. The zero-order valence-electron chi connectivity index (χ0n) is 20.3. The van der Waals surface area contributed by atoms with Gasteiger partial charge in [0.15, 0.2) is 0 Å². The topological polar surface area (TPSA) is 117 Å². The van der Waals surface area contributed by atoms with E-state index in [9.17, 15) is 22.1 Å². The summed E-state index contributed by atoms with van der Waals surface area (Å²) in [6.45, 7) is 4.06. The maximum Gasteiger partial charge on any atom is 0.244 e. The SMILES string of the molecule is Cc1ccc(S(=O)(=O)N2CCC(NS(=O)(=O)c3cc(C#N)ccc3Oc3cc(C)cc(Cl)c3)CC2)cc1. The second kappa shape index (κ2) is 10.8. The van der Waals surface area contributed by atoms with Crippen LogP contribution < -0.4 is 9.46 Å². The second-order valence-corrected chi connectivity index (χ2v) is 13.0. The molecule has 11 heteroatoms. The number of nitrogens with zero attached hydrogens (tertiary/aromatic N) is 2. The number of halogens is 1. The number of rotatable bonds is 7. The summed E-state index contributed by atoms with van der Waals surface area (Å²) < 4.78 is 62.6. The summed E-state index contributed by atoms with van der Waals surface area (Å²) >= 11 is 6.11. The molecule has 1 heterocycles. The number of nitrogens with one attached hydrogen (secondary N) is 1. The maximum absolute atomic E-state index is 13.4. The fourth-order valence-electron chi connectivity index (χ4n) is 4.12. The average Bonchev–Trinajstić information content (AvgIpc) is 2.84. The molecular formula is C26H26ClN3O5S2. The number of hydrogen-bond acceptors (Lipinski definition) is 6. The summed E-state index contributed by atoms with van der Waals surface area (Å²) in [6.07, 6.45) is 0.595. The van der Waals surface area contributed by atoms with E-state index in [1.54, 1.807) is 42.5 Å². The first-order valence-electron chi connectivity index (χ1n) is 11.6. The Bertz CT molecular complexity index is 1540. The van der Waals surface area contributed by atoms with Crippen molar-refractivity contribution in [3.05, 3.63) is 82.4 Å². The van der Waals surface area contributed by atoms with Gasteiger partial charge in [-0.1, -0.05) is 29.3 Å². The highest BCUT2D eigenvalue weighted by Crippen LogP contribution is 2.32. The first-order valence-corrected chi connectivity index (χ1v) is 14.9.